The zero-order valence-electron chi connectivity index (χ0n) is 11.3. The van der Waals surface area contributed by atoms with Gasteiger partial charge in [0.1, 0.15) is 5.54 Å². The second-order valence-corrected chi connectivity index (χ2v) is 4.72. The van der Waals surface area contributed by atoms with Gasteiger partial charge >= 0.3 is 5.97 Å². The van der Waals surface area contributed by atoms with Gasteiger partial charge in [-0.15, -0.1) is 0 Å². The van der Waals surface area contributed by atoms with Crippen LogP contribution in [0.15, 0.2) is 0 Å². The Morgan fingerprint density at radius 2 is 2.18 bits per heavy atom. The van der Waals surface area contributed by atoms with Gasteiger partial charge in [-0.2, -0.15) is 0 Å². The Labute approximate surface area is 104 Å². The molecule has 0 spiro atoms. The van der Waals surface area contributed by atoms with Gasteiger partial charge in [0.15, 0.2) is 0 Å². The molecule has 1 rings (SSSR count). The number of carbonyl (C=O) groups excluding carboxylic acids is 1. The van der Waals surface area contributed by atoms with Crippen LogP contribution in [0, 0.1) is 0 Å². The van der Waals surface area contributed by atoms with Crippen LogP contribution in [-0.2, 0) is 14.3 Å². The fraction of sp³-hybridized carbons (Fsp3) is 0.923. The summed E-state index contributed by atoms with van der Waals surface area (Å²) in [5.74, 6) is -0.120. The Balaban J connectivity index is 2.77. The Morgan fingerprint density at radius 3 is 2.82 bits per heavy atom. The summed E-state index contributed by atoms with van der Waals surface area (Å²) in [6.45, 7) is 7.87. The van der Waals surface area contributed by atoms with E-state index in [1.54, 1.807) is 0 Å². The van der Waals surface area contributed by atoms with Gasteiger partial charge in [0.25, 0.3) is 0 Å². The van der Waals surface area contributed by atoms with Gasteiger partial charge in [0, 0.05) is 19.3 Å². The van der Waals surface area contributed by atoms with Gasteiger partial charge in [-0.25, -0.2) is 0 Å². The van der Waals surface area contributed by atoms with Crippen LogP contribution in [0.3, 0.4) is 0 Å². The lowest BCUT2D eigenvalue weighted by Gasteiger charge is -2.33. The number of esters is 1. The first-order chi connectivity index (χ1) is 8.14. The van der Waals surface area contributed by atoms with Crippen molar-refractivity contribution in [2.45, 2.75) is 58.0 Å². The highest BCUT2D eigenvalue weighted by molar-refractivity contribution is 5.81. The van der Waals surface area contributed by atoms with E-state index in [2.05, 4.69) is 19.2 Å². The Kier molecular flexibility index (Phi) is 5.92. The summed E-state index contributed by atoms with van der Waals surface area (Å²) >= 11 is 0. The van der Waals surface area contributed by atoms with Crippen molar-refractivity contribution in [1.29, 1.82) is 0 Å². The first-order valence-electron chi connectivity index (χ1n) is 6.67. The van der Waals surface area contributed by atoms with Crippen molar-refractivity contribution in [3.63, 3.8) is 0 Å². The largest absolute Gasteiger partial charge is 0.465 e. The zero-order valence-corrected chi connectivity index (χ0v) is 11.3. The summed E-state index contributed by atoms with van der Waals surface area (Å²) in [5.41, 5.74) is -0.540. The molecule has 0 aromatic heterocycles. The van der Waals surface area contributed by atoms with Gasteiger partial charge in [0.2, 0.25) is 0 Å². The van der Waals surface area contributed by atoms with Crippen molar-refractivity contribution >= 4 is 5.97 Å². The maximum absolute atomic E-state index is 12.2. The normalized spacial score (nSPS) is 27.2. The van der Waals surface area contributed by atoms with Gasteiger partial charge in [-0.3, -0.25) is 10.1 Å². The van der Waals surface area contributed by atoms with E-state index in [0.29, 0.717) is 25.7 Å². The van der Waals surface area contributed by atoms with Crippen molar-refractivity contribution < 1.29 is 14.3 Å². The molecule has 4 heteroatoms. The molecule has 0 aromatic carbocycles. The van der Waals surface area contributed by atoms with E-state index in [1.165, 1.54) is 0 Å². The van der Waals surface area contributed by atoms with E-state index in [-0.39, 0.29) is 5.97 Å². The van der Waals surface area contributed by atoms with Crippen LogP contribution in [0.4, 0.5) is 0 Å². The molecular weight excluding hydrogens is 218 g/mol. The second kappa shape index (κ2) is 6.97. The van der Waals surface area contributed by atoms with E-state index >= 15 is 0 Å². The van der Waals surface area contributed by atoms with Crippen LogP contribution < -0.4 is 5.32 Å². The molecule has 2 atom stereocenters. The standard InChI is InChI=1S/C13H25NO3/c1-4-11(3)14-13(12(15)17-5-2)7-6-9-16-10-8-13/h11,14H,4-10H2,1-3H3. The SMILES string of the molecule is CCOC(=O)C1(NC(C)CC)CCCOCC1. The van der Waals surface area contributed by atoms with E-state index < -0.39 is 5.54 Å². The van der Waals surface area contributed by atoms with E-state index in [9.17, 15) is 4.79 Å². The molecule has 1 saturated heterocycles. The predicted molar refractivity (Wildman–Crippen MR) is 66.9 cm³/mol. The molecule has 0 aliphatic carbocycles. The molecule has 4 nitrogen and oxygen atoms in total. The third-order valence-electron chi connectivity index (χ3n) is 3.37. The minimum atomic E-state index is -0.540. The van der Waals surface area contributed by atoms with Gasteiger partial charge in [-0.1, -0.05) is 6.92 Å². The highest BCUT2D eigenvalue weighted by atomic mass is 16.5. The maximum Gasteiger partial charge on any atom is 0.326 e. The quantitative estimate of drug-likeness (QED) is 0.749. The fourth-order valence-electron chi connectivity index (χ4n) is 2.20. The molecule has 2 unspecified atom stereocenters. The summed E-state index contributed by atoms with van der Waals surface area (Å²) in [5, 5.41) is 3.45. The lowest BCUT2D eigenvalue weighted by Crippen LogP contribution is -2.56. The number of carbonyl (C=O) groups is 1. The highest BCUT2D eigenvalue weighted by Crippen LogP contribution is 2.24. The number of nitrogens with one attached hydrogen (secondary N) is 1. The van der Waals surface area contributed by atoms with Crippen molar-refractivity contribution in [3.05, 3.63) is 0 Å². The molecule has 1 heterocycles. The summed E-state index contributed by atoms with van der Waals surface area (Å²) in [4.78, 5) is 12.2. The molecule has 0 bridgehead atoms. The molecule has 1 aliphatic rings. The number of hydrogen-bond acceptors (Lipinski definition) is 4. The average Bonchev–Trinajstić information content (AvgIpc) is 2.56. The third kappa shape index (κ3) is 3.96. The fourth-order valence-corrected chi connectivity index (χ4v) is 2.20. The van der Waals surface area contributed by atoms with E-state index in [0.717, 1.165) is 25.9 Å². The molecule has 1 aliphatic heterocycles. The summed E-state index contributed by atoms with van der Waals surface area (Å²) in [6.07, 6.45) is 3.41. The van der Waals surface area contributed by atoms with Crippen molar-refractivity contribution in [2.24, 2.45) is 0 Å². The molecule has 1 fully saturated rings. The number of rotatable bonds is 5. The van der Waals surface area contributed by atoms with Gasteiger partial charge in [0.05, 0.1) is 6.61 Å². The van der Waals surface area contributed by atoms with Crippen LogP contribution in [0.25, 0.3) is 0 Å². The van der Waals surface area contributed by atoms with Crippen LogP contribution in [-0.4, -0.2) is 37.4 Å². The number of hydrogen-bond donors (Lipinski definition) is 1. The van der Waals surface area contributed by atoms with Crippen molar-refractivity contribution in [3.8, 4) is 0 Å². The van der Waals surface area contributed by atoms with Crippen molar-refractivity contribution in [1.82, 2.24) is 5.32 Å². The van der Waals surface area contributed by atoms with Crippen LogP contribution in [0.2, 0.25) is 0 Å². The third-order valence-corrected chi connectivity index (χ3v) is 3.37. The van der Waals surface area contributed by atoms with E-state index in [4.69, 9.17) is 9.47 Å². The minimum Gasteiger partial charge on any atom is -0.465 e. The van der Waals surface area contributed by atoms with Crippen LogP contribution in [0.1, 0.15) is 46.5 Å². The zero-order chi connectivity index (χ0) is 12.7. The summed E-state index contributed by atoms with van der Waals surface area (Å²) < 4.78 is 10.7. The molecule has 1 N–H and O–H groups in total. The van der Waals surface area contributed by atoms with Gasteiger partial charge < -0.3 is 9.47 Å². The molecule has 0 amide bonds. The molecule has 17 heavy (non-hydrogen) atoms. The Bertz CT molecular complexity index is 235. The maximum atomic E-state index is 12.2. The predicted octanol–water partition coefficient (Wildman–Crippen LogP) is 1.88. The molecule has 100 valence electrons. The molecule has 0 aromatic rings. The highest BCUT2D eigenvalue weighted by Gasteiger charge is 2.40. The van der Waals surface area contributed by atoms with Crippen LogP contribution in [0.5, 0.6) is 0 Å². The van der Waals surface area contributed by atoms with Gasteiger partial charge in [-0.05, 0) is 39.5 Å². The first kappa shape index (κ1) is 14.5. The minimum absolute atomic E-state index is 0.120. The average molecular weight is 243 g/mol. The summed E-state index contributed by atoms with van der Waals surface area (Å²) in [6, 6.07) is 0.317. The first-order valence-corrected chi connectivity index (χ1v) is 6.67. The smallest absolute Gasteiger partial charge is 0.326 e. The molecular formula is C13H25NO3. The lowest BCUT2D eigenvalue weighted by molar-refractivity contribution is -0.152. The molecule has 0 saturated carbocycles. The monoisotopic (exact) mass is 243 g/mol. The van der Waals surface area contributed by atoms with E-state index in [1.807, 2.05) is 6.92 Å². The second-order valence-electron chi connectivity index (χ2n) is 4.72. The summed E-state index contributed by atoms with van der Waals surface area (Å²) in [7, 11) is 0. The Hall–Kier alpha value is -0.610. The van der Waals surface area contributed by atoms with Crippen LogP contribution >= 0.6 is 0 Å². The molecule has 0 radical (unpaired) electrons. The van der Waals surface area contributed by atoms with Crippen molar-refractivity contribution in [2.75, 3.05) is 19.8 Å². The topological polar surface area (TPSA) is 47.6 Å². The lowest BCUT2D eigenvalue weighted by atomic mass is 9.89. The number of ether oxygens (including phenoxy) is 2. The Morgan fingerprint density at radius 1 is 1.41 bits per heavy atom.